The minimum Gasteiger partial charge on any atom is -0.496 e. The van der Waals surface area contributed by atoms with Crippen LogP contribution >= 0.6 is 11.6 Å². The Kier molecular flexibility index (Phi) is 5.78. The Morgan fingerprint density at radius 1 is 1.17 bits per heavy atom. The molecule has 0 saturated heterocycles. The molecule has 6 nitrogen and oxygen atoms in total. The van der Waals surface area contributed by atoms with Gasteiger partial charge in [0.2, 0.25) is 5.91 Å². The van der Waals surface area contributed by atoms with Crippen LogP contribution in [0.15, 0.2) is 42.5 Å². The SMILES string of the molecule is COc1cc(Cl)ccc1C(=O)NC(OC)c1cccc(C(N)=O)c1. The lowest BCUT2D eigenvalue weighted by atomic mass is 10.1. The first kappa shape index (κ1) is 17.8. The van der Waals surface area contributed by atoms with Crippen molar-refractivity contribution in [3.63, 3.8) is 0 Å². The minimum absolute atomic E-state index is 0.315. The van der Waals surface area contributed by atoms with Gasteiger partial charge in [-0.05, 0) is 30.3 Å². The smallest absolute Gasteiger partial charge is 0.257 e. The summed E-state index contributed by atoms with van der Waals surface area (Å²) in [5.74, 6) is -0.613. The van der Waals surface area contributed by atoms with Crippen LogP contribution in [-0.2, 0) is 4.74 Å². The van der Waals surface area contributed by atoms with Crippen molar-refractivity contribution in [2.24, 2.45) is 5.73 Å². The number of hydrogen-bond acceptors (Lipinski definition) is 4. The van der Waals surface area contributed by atoms with E-state index in [0.29, 0.717) is 27.5 Å². The predicted octanol–water partition coefficient (Wildman–Crippen LogP) is 2.52. The maximum atomic E-state index is 12.5. The number of nitrogens with two attached hydrogens (primary N) is 1. The Bertz CT molecular complexity index is 764. The lowest BCUT2D eigenvalue weighted by Gasteiger charge is -2.19. The van der Waals surface area contributed by atoms with Crippen molar-refractivity contribution >= 4 is 23.4 Å². The Morgan fingerprint density at radius 3 is 2.54 bits per heavy atom. The summed E-state index contributed by atoms with van der Waals surface area (Å²) >= 11 is 5.90. The van der Waals surface area contributed by atoms with E-state index in [0.717, 1.165) is 0 Å². The van der Waals surface area contributed by atoms with Crippen molar-refractivity contribution in [3.8, 4) is 5.75 Å². The monoisotopic (exact) mass is 348 g/mol. The normalized spacial score (nSPS) is 11.6. The van der Waals surface area contributed by atoms with E-state index in [-0.39, 0.29) is 0 Å². The third-order valence-corrected chi connectivity index (χ3v) is 3.62. The standard InChI is InChI=1S/C17H17ClN2O4/c1-23-14-9-12(18)6-7-13(14)16(22)20-17(24-2)11-5-3-4-10(8-11)15(19)21/h3-9,17H,1-2H3,(H2,19,21)(H,20,22). The number of carbonyl (C=O) groups excluding carboxylic acids is 2. The van der Waals surface area contributed by atoms with E-state index in [2.05, 4.69) is 5.32 Å². The van der Waals surface area contributed by atoms with E-state index in [9.17, 15) is 9.59 Å². The molecule has 3 N–H and O–H groups in total. The van der Waals surface area contributed by atoms with Gasteiger partial charge in [-0.2, -0.15) is 0 Å². The number of primary amides is 1. The Hall–Kier alpha value is -2.57. The number of benzene rings is 2. The molecule has 7 heteroatoms. The second kappa shape index (κ2) is 7.81. The summed E-state index contributed by atoms with van der Waals surface area (Å²) < 4.78 is 10.5. The molecule has 126 valence electrons. The summed E-state index contributed by atoms with van der Waals surface area (Å²) in [5.41, 5.74) is 6.51. The van der Waals surface area contributed by atoms with Crippen LogP contribution in [0.3, 0.4) is 0 Å². The maximum Gasteiger partial charge on any atom is 0.257 e. The summed E-state index contributed by atoms with van der Waals surface area (Å²) in [7, 11) is 2.90. The Morgan fingerprint density at radius 2 is 1.92 bits per heavy atom. The molecular formula is C17H17ClN2O4. The van der Waals surface area contributed by atoms with Gasteiger partial charge in [0.1, 0.15) is 5.75 Å². The lowest BCUT2D eigenvalue weighted by molar-refractivity contribution is 0.0573. The molecule has 0 heterocycles. The molecule has 2 aromatic carbocycles. The summed E-state index contributed by atoms with van der Waals surface area (Å²) in [6.45, 7) is 0. The molecule has 0 bridgehead atoms. The van der Waals surface area contributed by atoms with Crippen LogP contribution in [0.4, 0.5) is 0 Å². The molecule has 0 aliphatic rings. The average Bonchev–Trinajstić information content (AvgIpc) is 2.59. The number of rotatable bonds is 6. The highest BCUT2D eigenvalue weighted by atomic mass is 35.5. The van der Waals surface area contributed by atoms with Gasteiger partial charge in [0.25, 0.3) is 5.91 Å². The third kappa shape index (κ3) is 4.04. The summed E-state index contributed by atoms with van der Waals surface area (Å²) in [5, 5.41) is 3.18. The van der Waals surface area contributed by atoms with Gasteiger partial charge < -0.3 is 20.5 Å². The van der Waals surface area contributed by atoms with Crippen LogP contribution in [0.5, 0.6) is 5.75 Å². The van der Waals surface area contributed by atoms with Crippen LogP contribution < -0.4 is 15.8 Å². The number of carbonyl (C=O) groups is 2. The molecule has 2 aromatic rings. The van der Waals surface area contributed by atoms with Gasteiger partial charge in [-0.25, -0.2) is 0 Å². The molecule has 0 fully saturated rings. The molecule has 2 rings (SSSR count). The summed E-state index contributed by atoms with van der Waals surface area (Å²) in [4.78, 5) is 23.8. The molecule has 0 spiro atoms. The largest absolute Gasteiger partial charge is 0.496 e. The van der Waals surface area contributed by atoms with Gasteiger partial charge in [-0.1, -0.05) is 23.7 Å². The number of amides is 2. The zero-order chi connectivity index (χ0) is 17.7. The number of hydrogen-bond donors (Lipinski definition) is 2. The average molecular weight is 349 g/mol. The van der Waals surface area contributed by atoms with Crippen molar-refractivity contribution in [3.05, 3.63) is 64.2 Å². The fraction of sp³-hybridized carbons (Fsp3) is 0.176. The molecule has 0 saturated carbocycles. The van der Waals surface area contributed by atoms with Crippen LogP contribution in [0.25, 0.3) is 0 Å². The predicted molar refractivity (Wildman–Crippen MR) is 90.2 cm³/mol. The number of ether oxygens (including phenoxy) is 2. The molecule has 2 amide bonds. The second-order valence-corrected chi connectivity index (χ2v) is 5.36. The number of nitrogens with one attached hydrogen (secondary N) is 1. The van der Waals surface area contributed by atoms with Crippen molar-refractivity contribution < 1.29 is 19.1 Å². The van der Waals surface area contributed by atoms with E-state index in [4.69, 9.17) is 26.8 Å². The van der Waals surface area contributed by atoms with E-state index in [1.165, 1.54) is 14.2 Å². The Balaban J connectivity index is 2.26. The van der Waals surface area contributed by atoms with Crippen molar-refractivity contribution in [2.75, 3.05) is 14.2 Å². The highest BCUT2D eigenvalue weighted by Gasteiger charge is 2.19. The van der Waals surface area contributed by atoms with Crippen LogP contribution in [-0.4, -0.2) is 26.0 Å². The number of methoxy groups -OCH3 is 2. The van der Waals surface area contributed by atoms with Crippen LogP contribution in [0, 0.1) is 0 Å². The minimum atomic E-state index is -0.753. The molecule has 0 aliphatic heterocycles. The maximum absolute atomic E-state index is 12.5. The molecular weight excluding hydrogens is 332 g/mol. The fourth-order valence-electron chi connectivity index (χ4n) is 2.18. The van der Waals surface area contributed by atoms with E-state index >= 15 is 0 Å². The summed E-state index contributed by atoms with van der Waals surface area (Å²) in [6, 6.07) is 11.2. The molecule has 0 radical (unpaired) electrons. The molecule has 24 heavy (non-hydrogen) atoms. The zero-order valence-electron chi connectivity index (χ0n) is 13.2. The van der Waals surface area contributed by atoms with Crippen LogP contribution in [0.2, 0.25) is 5.02 Å². The van der Waals surface area contributed by atoms with Crippen molar-refractivity contribution in [1.29, 1.82) is 0 Å². The quantitative estimate of drug-likeness (QED) is 0.785. The van der Waals surface area contributed by atoms with Gasteiger partial charge in [0, 0.05) is 23.3 Å². The van der Waals surface area contributed by atoms with Crippen molar-refractivity contribution in [2.45, 2.75) is 6.23 Å². The van der Waals surface area contributed by atoms with Gasteiger partial charge in [0.15, 0.2) is 6.23 Å². The Labute approximate surface area is 144 Å². The molecule has 1 unspecified atom stereocenters. The van der Waals surface area contributed by atoms with Gasteiger partial charge in [-0.15, -0.1) is 0 Å². The van der Waals surface area contributed by atoms with E-state index in [1.807, 2.05) is 0 Å². The number of halogens is 1. The highest BCUT2D eigenvalue weighted by Crippen LogP contribution is 2.24. The zero-order valence-corrected chi connectivity index (χ0v) is 14.0. The first-order chi connectivity index (χ1) is 11.5. The van der Waals surface area contributed by atoms with Gasteiger partial charge in [-0.3, -0.25) is 9.59 Å². The van der Waals surface area contributed by atoms with E-state index in [1.54, 1.807) is 42.5 Å². The van der Waals surface area contributed by atoms with Gasteiger partial charge >= 0.3 is 0 Å². The van der Waals surface area contributed by atoms with Crippen LogP contribution in [0.1, 0.15) is 32.5 Å². The third-order valence-electron chi connectivity index (χ3n) is 3.38. The molecule has 1 atom stereocenters. The lowest BCUT2D eigenvalue weighted by Crippen LogP contribution is -2.30. The molecule has 0 aliphatic carbocycles. The first-order valence-electron chi connectivity index (χ1n) is 7.03. The second-order valence-electron chi connectivity index (χ2n) is 4.92. The highest BCUT2D eigenvalue weighted by molar-refractivity contribution is 6.30. The van der Waals surface area contributed by atoms with Crippen molar-refractivity contribution in [1.82, 2.24) is 5.32 Å². The molecule has 0 aromatic heterocycles. The van der Waals surface area contributed by atoms with E-state index < -0.39 is 18.0 Å². The first-order valence-corrected chi connectivity index (χ1v) is 7.41. The fourth-order valence-corrected chi connectivity index (χ4v) is 2.34. The van der Waals surface area contributed by atoms with Gasteiger partial charge in [0.05, 0.1) is 12.7 Å². The summed E-state index contributed by atoms with van der Waals surface area (Å²) in [6.07, 6.45) is -0.753. The topological polar surface area (TPSA) is 90.7 Å².